The number of nitrogens with zero attached hydrogens (tertiary/aromatic N) is 1. The Balaban J connectivity index is 1.85. The molecule has 134 valence electrons. The summed E-state index contributed by atoms with van der Waals surface area (Å²) in [6, 6.07) is 9.50. The summed E-state index contributed by atoms with van der Waals surface area (Å²) in [5, 5.41) is 2.10. The number of aryl methyl sites for hydroxylation is 1. The molecule has 2 aromatic rings. The first-order chi connectivity index (χ1) is 11.8. The summed E-state index contributed by atoms with van der Waals surface area (Å²) < 4.78 is 50.0. The SMILES string of the molecule is Cc1ccc(S(=O)(=O)[C@H]2CS(=O)(=O)C[C@@H]2NCc2cccnc2)cc1. The lowest BCUT2D eigenvalue weighted by atomic mass is 10.2. The maximum atomic E-state index is 12.9. The van der Waals surface area contributed by atoms with Crippen LogP contribution < -0.4 is 5.32 Å². The first-order valence-corrected chi connectivity index (χ1v) is 11.3. The van der Waals surface area contributed by atoms with Gasteiger partial charge >= 0.3 is 0 Å². The zero-order valence-corrected chi connectivity index (χ0v) is 15.4. The van der Waals surface area contributed by atoms with E-state index < -0.39 is 31.0 Å². The molecular weight excluding hydrogens is 360 g/mol. The van der Waals surface area contributed by atoms with Crippen LogP contribution in [0, 0.1) is 6.92 Å². The molecule has 2 heterocycles. The molecule has 1 aromatic heterocycles. The molecule has 0 bridgehead atoms. The number of pyridine rings is 1. The number of nitrogens with one attached hydrogen (secondary N) is 1. The van der Waals surface area contributed by atoms with E-state index in [9.17, 15) is 16.8 Å². The van der Waals surface area contributed by atoms with Gasteiger partial charge < -0.3 is 5.32 Å². The molecule has 1 aromatic carbocycles. The molecule has 6 nitrogen and oxygen atoms in total. The predicted octanol–water partition coefficient (Wildman–Crippen LogP) is 1.12. The predicted molar refractivity (Wildman–Crippen MR) is 95.7 cm³/mol. The summed E-state index contributed by atoms with van der Waals surface area (Å²) in [6.07, 6.45) is 3.31. The molecule has 1 fully saturated rings. The molecule has 0 spiro atoms. The zero-order valence-electron chi connectivity index (χ0n) is 13.8. The lowest BCUT2D eigenvalue weighted by molar-refractivity contribution is 0.525. The van der Waals surface area contributed by atoms with Gasteiger partial charge in [0.25, 0.3) is 0 Å². The number of rotatable bonds is 5. The standard InChI is InChI=1S/C17H20N2O4S2/c1-13-4-6-15(7-5-13)25(22,23)17-12-24(20,21)11-16(17)19-10-14-3-2-8-18-9-14/h2-9,16-17,19H,10-12H2,1H3/t16-,17-/m0/s1. The molecule has 0 radical (unpaired) electrons. The molecule has 0 unspecified atom stereocenters. The third-order valence-corrected chi connectivity index (χ3v) is 8.51. The second kappa shape index (κ2) is 6.86. The van der Waals surface area contributed by atoms with E-state index in [0.717, 1.165) is 11.1 Å². The van der Waals surface area contributed by atoms with Crippen molar-refractivity contribution in [2.24, 2.45) is 0 Å². The molecule has 8 heteroatoms. The van der Waals surface area contributed by atoms with Crippen LogP contribution in [-0.2, 0) is 26.2 Å². The van der Waals surface area contributed by atoms with Crippen molar-refractivity contribution in [3.05, 3.63) is 59.9 Å². The highest BCUT2D eigenvalue weighted by atomic mass is 32.2. The molecule has 1 N–H and O–H groups in total. The highest BCUT2D eigenvalue weighted by molar-refractivity contribution is 7.96. The summed E-state index contributed by atoms with van der Waals surface area (Å²) in [6.45, 7) is 2.24. The molecule has 1 aliphatic heterocycles. The van der Waals surface area contributed by atoms with Gasteiger partial charge in [-0.2, -0.15) is 0 Å². The minimum Gasteiger partial charge on any atom is -0.308 e. The average Bonchev–Trinajstić information content (AvgIpc) is 2.90. The van der Waals surface area contributed by atoms with Gasteiger partial charge in [-0.05, 0) is 30.7 Å². The quantitative estimate of drug-likeness (QED) is 0.835. The van der Waals surface area contributed by atoms with E-state index in [0.29, 0.717) is 6.54 Å². The third kappa shape index (κ3) is 4.08. The monoisotopic (exact) mass is 380 g/mol. The normalized spacial score (nSPS) is 22.8. The summed E-state index contributed by atoms with van der Waals surface area (Å²) >= 11 is 0. The second-order valence-electron chi connectivity index (χ2n) is 6.32. The van der Waals surface area contributed by atoms with Crippen molar-refractivity contribution in [2.45, 2.75) is 29.7 Å². The van der Waals surface area contributed by atoms with E-state index in [-0.39, 0.29) is 16.4 Å². The highest BCUT2D eigenvalue weighted by Gasteiger charge is 2.45. The van der Waals surface area contributed by atoms with Crippen LogP contribution in [0.1, 0.15) is 11.1 Å². The number of benzene rings is 1. The van der Waals surface area contributed by atoms with Crippen LogP contribution in [0.4, 0.5) is 0 Å². The lowest BCUT2D eigenvalue weighted by Crippen LogP contribution is -2.43. The molecule has 1 saturated heterocycles. The minimum absolute atomic E-state index is 0.161. The first-order valence-electron chi connectivity index (χ1n) is 7.91. The van der Waals surface area contributed by atoms with Crippen molar-refractivity contribution < 1.29 is 16.8 Å². The van der Waals surface area contributed by atoms with E-state index in [4.69, 9.17) is 0 Å². The maximum absolute atomic E-state index is 12.9. The molecule has 0 saturated carbocycles. The zero-order chi connectivity index (χ0) is 18.1. The Morgan fingerprint density at radius 3 is 2.52 bits per heavy atom. The Bertz CT molecular complexity index is 940. The molecule has 25 heavy (non-hydrogen) atoms. The van der Waals surface area contributed by atoms with Gasteiger partial charge in [0.1, 0.15) is 0 Å². The smallest absolute Gasteiger partial charge is 0.183 e. The Hall–Kier alpha value is -1.77. The van der Waals surface area contributed by atoms with Crippen LogP contribution >= 0.6 is 0 Å². The van der Waals surface area contributed by atoms with Gasteiger partial charge in [0.2, 0.25) is 0 Å². The molecule has 0 amide bonds. The van der Waals surface area contributed by atoms with Gasteiger partial charge in [-0.15, -0.1) is 0 Å². The fourth-order valence-corrected chi connectivity index (χ4v) is 7.68. The van der Waals surface area contributed by atoms with E-state index in [1.807, 2.05) is 13.0 Å². The van der Waals surface area contributed by atoms with E-state index in [1.165, 1.54) is 12.1 Å². The number of sulfone groups is 2. The van der Waals surface area contributed by atoms with Gasteiger partial charge in [0, 0.05) is 25.0 Å². The molecular formula is C17H20N2O4S2. The Kier molecular flexibility index (Phi) is 4.95. The maximum Gasteiger partial charge on any atom is 0.183 e. The van der Waals surface area contributed by atoms with E-state index >= 15 is 0 Å². The van der Waals surface area contributed by atoms with E-state index in [1.54, 1.807) is 30.6 Å². The van der Waals surface area contributed by atoms with Crippen molar-refractivity contribution in [3.8, 4) is 0 Å². The van der Waals surface area contributed by atoms with Crippen LogP contribution in [0.15, 0.2) is 53.7 Å². The number of aromatic nitrogens is 1. The average molecular weight is 380 g/mol. The molecule has 0 aliphatic carbocycles. The van der Waals surface area contributed by atoms with Crippen molar-refractivity contribution in [1.29, 1.82) is 0 Å². The third-order valence-electron chi connectivity index (χ3n) is 4.34. The van der Waals surface area contributed by atoms with Gasteiger partial charge in [-0.25, -0.2) is 16.8 Å². The van der Waals surface area contributed by atoms with Gasteiger partial charge in [-0.3, -0.25) is 4.98 Å². The van der Waals surface area contributed by atoms with Crippen LogP contribution in [0.2, 0.25) is 0 Å². The van der Waals surface area contributed by atoms with Gasteiger partial charge in [0.15, 0.2) is 19.7 Å². The van der Waals surface area contributed by atoms with Crippen LogP contribution in [0.25, 0.3) is 0 Å². The van der Waals surface area contributed by atoms with Gasteiger partial charge in [-0.1, -0.05) is 23.8 Å². The molecule has 3 rings (SSSR count). The first kappa shape index (κ1) is 18.0. The Labute approximate surface area is 148 Å². The number of hydrogen-bond acceptors (Lipinski definition) is 6. The van der Waals surface area contributed by atoms with Crippen molar-refractivity contribution in [2.75, 3.05) is 11.5 Å². The van der Waals surface area contributed by atoms with Crippen LogP contribution in [0.5, 0.6) is 0 Å². The van der Waals surface area contributed by atoms with Gasteiger partial charge in [0.05, 0.1) is 21.7 Å². The topological polar surface area (TPSA) is 93.2 Å². The summed E-state index contributed by atoms with van der Waals surface area (Å²) in [5.74, 6) is -0.531. The van der Waals surface area contributed by atoms with E-state index in [2.05, 4.69) is 10.3 Å². The van der Waals surface area contributed by atoms with Crippen molar-refractivity contribution in [3.63, 3.8) is 0 Å². The summed E-state index contributed by atoms with van der Waals surface area (Å²) in [5.41, 5.74) is 1.82. The summed E-state index contributed by atoms with van der Waals surface area (Å²) in [4.78, 5) is 4.17. The van der Waals surface area contributed by atoms with Crippen LogP contribution in [-0.4, -0.2) is 44.6 Å². The summed E-state index contributed by atoms with van der Waals surface area (Å²) in [7, 11) is -7.14. The Morgan fingerprint density at radius 1 is 1.16 bits per heavy atom. The minimum atomic E-state index is -3.74. The fraction of sp³-hybridized carbons (Fsp3) is 0.353. The molecule has 2 atom stereocenters. The van der Waals surface area contributed by atoms with Crippen LogP contribution in [0.3, 0.4) is 0 Å². The fourth-order valence-electron chi connectivity index (χ4n) is 2.97. The number of hydrogen-bond donors (Lipinski definition) is 1. The lowest BCUT2D eigenvalue weighted by Gasteiger charge is -2.20. The van der Waals surface area contributed by atoms with Crippen molar-refractivity contribution >= 4 is 19.7 Å². The Morgan fingerprint density at radius 2 is 1.88 bits per heavy atom. The van der Waals surface area contributed by atoms with Crippen molar-refractivity contribution in [1.82, 2.24) is 10.3 Å². The molecule has 1 aliphatic rings. The highest BCUT2D eigenvalue weighted by Crippen LogP contribution is 2.26. The second-order valence-corrected chi connectivity index (χ2v) is 10.6. The largest absolute Gasteiger partial charge is 0.308 e.